The average molecular weight is 272 g/mol. The fourth-order valence-electron chi connectivity index (χ4n) is 2.71. The van der Waals surface area contributed by atoms with Gasteiger partial charge >= 0.3 is 0 Å². The van der Waals surface area contributed by atoms with Gasteiger partial charge in [0.2, 0.25) is 0 Å². The molecule has 0 aliphatic heterocycles. The second-order valence-corrected chi connectivity index (χ2v) is 5.70. The summed E-state index contributed by atoms with van der Waals surface area (Å²) in [5.74, 6) is 0.758. The van der Waals surface area contributed by atoms with E-state index >= 15 is 0 Å². The van der Waals surface area contributed by atoms with Gasteiger partial charge in [-0.3, -0.25) is 0 Å². The van der Waals surface area contributed by atoms with Crippen molar-refractivity contribution in [2.75, 3.05) is 0 Å². The van der Waals surface area contributed by atoms with Crippen LogP contribution < -0.4 is 5.73 Å². The molecule has 0 radical (unpaired) electrons. The van der Waals surface area contributed by atoms with Gasteiger partial charge in [0, 0.05) is 11.6 Å². The van der Waals surface area contributed by atoms with Crippen LogP contribution in [-0.4, -0.2) is 0 Å². The molecule has 0 heterocycles. The summed E-state index contributed by atoms with van der Waals surface area (Å²) in [6.07, 6.45) is 4.02. The van der Waals surface area contributed by atoms with Gasteiger partial charge in [-0.25, -0.2) is 0 Å². The standard InChI is InChI=1S/C17H18ClN/c18-16-7-8-17(15(10-16)11-19)14-6-2-5-13(9-14)12-3-1-4-12/h2,5-10,12H,1,3-4,11,19H2. The highest BCUT2D eigenvalue weighted by atomic mass is 35.5. The molecule has 3 rings (SSSR count). The Labute approximate surface area is 119 Å². The zero-order chi connectivity index (χ0) is 13.2. The zero-order valence-electron chi connectivity index (χ0n) is 10.9. The van der Waals surface area contributed by atoms with E-state index in [0.717, 1.165) is 16.5 Å². The highest BCUT2D eigenvalue weighted by molar-refractivity contribution is 6.30. The third kappa shape index (κ3) is 2.54. The Hall–Kier alpha value is -1.31. The summed E-state index contributed by atoms with van der Waals surface area (Å²) in [4.78, 5) is 0. The summed E-state index contributed by atoms with van der Waals surface area (Å²) in [7, 11) is 0. The molecule has 0 aromatic heterocycles. The van der Waals surface area contributed by atoms with Crippen molar-refractivity contribution in [3.05, 3.63) is 58.6 Å². The van der Waals surface area contributed by atoms with Crippen LogP contribution in [0, 0.1) is 0 Å². The molecule has 0 atom stereocenters. The van der Waals surface area contributed by atoms with Crippen molar-refractivity contribution >= 4 is 11.6 Å². The van der Waals surface area contributed by atoms with Crippen LogP contribution in [0.25, 0.3) is 11.1 Å². The van der Waals surface area contributed by atoms with E-state index in [9.17, 15) is 0 Å². The minimum absolute atomic E-state index is 0.517. The normalized spacial score (nSPS) is 15.3. The fourth-order valence-corrected chi connectivity index (χ4v) is 2.91. The van der Waals surface area contributed by atoms with Crippen LogP contribution in [0.1, 0.15) is 36.3 Å². The summed E-state index contributed by atoms with van der Waals surface area (Å²) >= 11 is 6.04. The van der Waals surface area contributed by atoms with Crippen LogP contribution in [-0.2, 0) is 6.54 Å². The Bertz CT molecular complexity index is 588. The predicted octanol–water partition coefficient (Wildman–Crippen LogP) is 4.73. The molecule has 0 bridgehead atoms. The molecule has 1 fully saturated rings. The second kappa shape index (κ2) is 5.36. The number of nitrogens with two attached hydrogens (primary N) is 1. The largest absolute Gasteiger partial charge is 0.326 e. The molecular formula is C17H18ClN. The van der Waals surface area contributed by atoms with Gasteiger partial charge < -0.3 is 5.73 Å². The lowest BCUT2D eigenvalue weighted by atomic mass is 9.79. The van der Waals surface area contributed by atoms with E-state index in [1.54, 1.807) is 0 Å². The summed E-state index contributed by atoms with van der Waals surface area (Å²) in [6.45, 7) is 0.517. The Morgan fingerprint density at radius 1 is 1.11 bits per heavy atom. The molecular weight excluding hydrogens is 254 g/mol. The smallest absolute Gasteiger partial charge is 0.0409 e. The van der Waals surface area contributed by atoms with E-state index in [2.05, 4.69) is 30.3 Å². The van der Waals surface area contributed by atoms with Crippen LogP contribution in [0.4, 0.5) is 0 Å². The maximum absolute atomic E-state index is 6.04. The number of rotatable bonds is 3. The van der Waals surface area contributed by atoms with E-state index in [0.29, 0.717) is 6.54 Å². The first-order valence-electron chi connectivity index (χ1n) is 6.87. The van der Waals surface area contributed by atoms with Crippen LogP contribution in [0.15, 0.2) is 42.5 Å². The fraction of sp³-hybridized carbons (Fsp3) is 0.294. The quantitative estimate of drug-likeness (QED) is 0.858. The van der Waals surface area contributed by atoms with Gasteiger partial charge in [-0.05, 0) is 53.1 Å². The first-order chi connectivity index (χ1) is 9.28. The van der Waals surface area contributed by atoms with E-state index in [1.807, 2.05) is 12.1 Å². The molecule has 1 saturated carbocycles. The van der Waals surface area contributed by atoms with Crippen molar-refractivity contribution in [2.24, 2.45) is 5.73 Å². The molecule has 2 heteroatoms. The first-order valence-corrected chi connectivity index (χ1v) is 7.24. The minimum Gasteiger partial charge on any atom is -0.326 e. The number of benzene rings is 2. The van der Waals surface area contributed by atoms with E-state index in [1.165, 1.54) is 36.0 Å². The average Bonchev–Trinajstić information content (AvgIpc) is 2.37. The third-order valence-corrected chi connectivity index (χ3v) is 4.30. The van der Waals surface area contributed by atoms with Crippen LogP contribution >= 0.6 is 11.6 Å². The maximum atomic E-state index is 6.04. The van der Waals surface area contributed by atoms with E-state index in [-0.39, 0.29) is 0 Å². The van der Waals surface area contributed by atoms with Crippen molar-refractivity contribution in [3.63, 3.8) is 0 Å². The SMILES string of the molecule is NCc1cc(Cl)ccc1-c1cccc(C2CCC2)c1. The lowest BCUT2D eigenvalue weighted by molar-refractivity contribution is 0.420. The Morgan fingerprint density at radius 3 is 2.63 bits per heavy atom. The van der Waals surface area contributed by atoms with Gasteiger partial charge in [-0.2, -0.15) is 0 Å². The summed E-state index contributed by atoms with van der Waals surface area (Å²) < 4.78 is 0. The maximum Gasteiger partial charge on any atom is 0.0409 e. The van der Waals surface area contributed by atoms with E-state index in [4.69, 9.17) is 17.3 Å². The van der Waals surface area contributed by atoms with Gasteiger partial charge in [0.15, 0.2) is 0 Å². The van der Waals surface area contributed by atoms with Gasteiger partial charge in [0.1, 0.15) is 0 Å². The lowest BCUT2D eigenvalue weighted by Gasteiger charge is -2.26. The lowest BCUT2D eigenvalue weighted by Crippen LogP contribution is -2.08. The van der Waals surface area contributed by atoms with Gasteiger partial charge in [0.25, 0.3) is 0 Å². The van der Waals surface area contributed by atoms with Crippen LogP contribution in [0.5, 0.6) is 0 Å². The van der Waals surface area contributed by atoms with Crippen LogP contribution in [0.3, 0.4) is 0 Å². The number of hydrogen-bond donors (Lipinski definition) is 1. The van der Waals surface area contributed by atoms with Crippen molar-refractivity contribution in [1.82, 2.24) is 0 Å². The topological polar surface area (TPSA) is 26.0 Å². The van der Waals surface area contributed by atoms with Crippen molar-refractivity contribution in [3.8, 4) is 11.1 Å². The van der Waals surface area contributed by atoms with E-state index < -0.39 is 0 Å². The van der Waals surface area contributed by atoms with Gasteiger partial charge in [0.05, 0.1) is 0 Å². The Morgan fingerprint density at radius 2 is 1.95 bits per heavy atom. The molecule has 98 valence electrons. The molecule has 0 saturated heterocycles. The molecule has 0 spiro atoms. The van der Waals surface area contributed by atoms with Crippen LogP contribution in [0.2, 0.25) is 5.02 Å². The van der Waals surface area contributed by atoms with Crippen molar-refractivity contribution < 1.29 is 0 Å². The first kappa shape index (κ1) is 12.7. The molecule has 2 N–H and O–H groups in total. The van der Waals surface area contributed by atoms with Gasteiger partial charge in [-0.1, -0.05) is 48.4 Å². The minimum atomic E-state index is 0.517. The number of hydrogen-bond acceptors (Lipinski definition) is 1. The molecule has 2 aromatic rings. The van der Waals surface area contributed by atoms with Crippen molar-refractivity contribution in [2.45, 2.75) is 31.7 Å². The predicted molar refractivity (Wildman–Crippen MR) is 81.4 cm³/mol. The molecule has 19 heavy (non-hydrogen) atoms. The molecule has 1 nitrogen and oxygen atoms in total. The highest BCUT2D eigenvalue weighted by Crippen LogP contribution is 2.38. The molecule has 1 aliphatic carbocycles. The molecule has 0 amide bonds. The summed E-state index contributed by atoms with van der Waals surface area (Å²) in [5, 5.41) is 0.749. The molecule has 2 aromatic carbocycles. The van der Waals surface area contributed by atoms with Gasteiger partial charge in [-0.15, -0.1) is 0 Å². The monoisotopic (exact) mass is 271 g/mol. The second-order valence-electron chi connectivity index (χ2n) is 5.26. The number of halogens is 1. The third-order valence-electron chi connectivity index (χ3n) is 4.06. The summed E-state index contributed by atoms with van der Waals surface area (Å²) in [5.41, 5.74) is 10.9. The zero-order valence-corrected chi connectivity index (χ0v) is 11.7. The molecule has 0 unspecified atom stereocenters. The Balaban J connectivity index is 2.01. The van der Waals surface area contributed by atoms with Crippen molar-refractivity contribution in [1.29, 1.82) is 0 Å². The molecule has 1 aliphatic rings. The Kier molecular flexibility index (Phi) is 3.58. The summed E-state index contributed by atoms with van der Waals surface area (Å²) in [6, 6.07) is 14.8. The highest BCUT2D eigenvalue weighted by Gasteiger charge is 2.19.